The van der Waals surface area contributed by atoms with Crippen molar-refractivity contribution in [1.82, 2.24) is 10.4 Å². The lowest BCUT2D eigenvalue weighted by Crippen LogP contribution is -2.66. The van der Waals surface area contributed by atoms with Crippen LogP contribution < -0.4 is 34.0 Å². The van der Waals surface area contributed by atoms with Gasteiger partial charge in [0.2, 0.25) is 5.91 Å². The Bertz CT molecular complexity index is 820. The number of carbonyl (C=O) groups excluding carboxylic acids is 1. The van der Waals surface area contributed by atoms with Gasteiger partial charge in [-0.3, -0.25) is 10.0 Å². The van der Waals surface area contributed by atoms with Crippen LogP contribution in [0.3, 0.4) is 0 Å². The highest BCUT2D eigenvalue weighted by atomic mass is 16.7. The van der Waals surface area contributed by atoms with E-state index in [-0.39, 0.29) is 32.0 Å². The Kier molecular flexibility index (Phi) is 14.1. The van der Waals surface area contributed by atoms with Crippen LogP contribution in [0.15, 0.2) is 0 Å². The number of hydroxylamine groups is 2. The maximum Gasteiger partial charge on any atom is 0.246 e. The number of nitrogens with zero attached hydrogens (tertiary/aromatic N) is 1. The second-order valence-electron chi connectivity index (χ2n) is 11.4. The van der Waals surface area contributed by atoms with E-state index in [1.54, 1.807) is 0 Å². The third-order valence-electron chi connectivity index (χ3n) is 8.15. The van der Waals surface area contributed by atoms with Crippen LogP contribution in [0.1, 0.15) is 32.1 Å². The number of ether oxygens (including phenoxy) is 4. The maximum absolute atomic E-state index is 12.7. The standard InChI is InChI=1S/C25H51N7O10/c26-4-1-6-31-10-13-2-3-14(28)24(39-13)42-23-15(29)8-12(9-17(34)32(38)7-5-27)22(21(23)37)41-25-20(36)18(30)19(35)16(11-33)40-25/h12-16,18-25,31,33,35-38H,1-11,26-30H2/t12-,13-,14+,15-,16+,18-,19+,20+,21+,22-,23?,24+,25+/m0/s1. The second-order valence-corrected chi connectivity index (χ2v) is 11.4. The van der Waals surface area contributed by atoms with Crippen LogP contribution >= 0.6 is 0 Å². The minimum absolute atomic E-state index is 0.0287. The molecule has 0 aromatic carbocycles. The highest BCUT2D eigenvalue weighted by molar-refractivity contribution is 5.75. The van der Waals surface area contributed by atoms with Gasteiger partial charge in [-0.05, 0) is 44.7 Å². The van der Waals surface area contributed by atoms with Crippen molar-refractivity contribution in [3.05, 3.63) is 0 Å². The number of carbonyl (C=O) groups is 1. The van der Waals surface area contributed by atoms with Crippen LogP contribution in [-0.4, -0.2) is 149 Å². The van der Waals surface area contributed by atoms with Gasteiger partial charge in [-0.2, -0.15) is 0 Å². The number of aliphatic hydroxyl groups excluding tert-OH is 4. The molecule has 2 aliphatic heterocycles. The van der Waals surface area contributed by atoms with E-state index in [1.807, 2.05) is 0 Å². The monoisotopic (exact) mass is 609 g/mol. The van der Waals surface area contributed by atoms with E-state index < -0.39 is 85.8 Å². The van der Waals surface area contributed by atoms with Crippen LogP contribution in [0, 0.1) is 5.92 Å². The summed E-state index contributed by atoms with van der Waals surface area (Å²) in [5, 5.41) is 55.9. The Morgan fingerprint density at radius 1 is 0.929 bits per heavy atom. The number of nitrogens with one attached hydrogen (secondary N) is 1. The van der Waals surface area contributed by atoms with E-state index >= 15 is 0 Å². The molecule has 0 aromatic rings. The van der Waals surface area contributed by atoms with Crippen LogP contribution in [0.5, 0.6) is 0 Å². The summed E-state index contributed by atoms with van der Waals surface area (Å²) < 4.78 is 23.9. The van der Waals surface area contributed by atoms with Crippen LogP contribution in [0.2, 0.25) is 0 Å². The number of nitrogens with two attached hydrogens (primary N) is 5. The number of amides is 1. The first-order chi connectivity index (χ1) is 20.0. The molecule has 3 aliphatic rings. The molecule has 0 bridgehead atoms. The van der Waals surface area contributed by atoms with Crippen molar-refractivity contribution < 1.29 is 49.4 Å². The van der Waals surface area contributed by atoms with E-state index in [0.717, 1.165) is 13.0 Å². The quantitative estimate of drug-likeness (QED) is 0.0497. The molecular weight excluding hydrogens is 558 g/mol. The summed E-state index contributed by atoms with van der Waals surface area (Å²) in [7, 11) is 0. The molecule has 1 amide bonds. The molecule has 16 N–H and O–H groups in total. The van der Waals surface area contributed by atoms with Crippen molar-refractivity contribution in [2.75, 3.05) is 39.3 Å². The number of aliphatic hydroxyl groups is 4. The Morgan fingerprint density at radius 3 is 2.31 bits per heavy atom. The Labute approximate surface area is 245 Å². The number of hydrogen-bond donors (Lipinski definition) is 11. The minimum Gasteiger partial charge on any atom is -0.394 e. The molecule has 42 heavy (non-hydrogen) atoms. The van der Waals surface area contributed by atoms with Crippen molar-refractivity contribution in [3.8, 4) is 0 Å². The maximum atomic E-state index is 12.7. The van der Waals surface area contributed by atoms with Gasteiger partial charge in [-0.15, -0.1) is 0 Å². The zero-order valence-corrected chi connectivity index (χ0v) is 23.9. The van der Waals surface area contributed by atoms with Gasteiger partial charge in [0.25, 0.3) is 0 Å². The first kappa shape index (κ1) is 35.4. The first-order valence-electron chi connectivity index (χ1n) is 14.7. The first-order valence-corrected chi connectivity index (χ1v) is 14.7. The molecule has 13 atom stereocenters. The topological polar surface area (TPSA) is 301 Å². The fraction of sp³-hybridized carbons (Fsp3) is 0.960. The highest BCUT2D eigenvalue weighted by Gasteiger charge is 2.51. The van der Waals surface area contributed by atoms with Gasteiger partial charge in [0, 0.05) is 25.6 Å². The molecule has 246 valence electrons. The number of hydrogen-bond acceptors (Lipinski definition) is 16. The largest absolute Gasteiger partial charge is 0.394 e. The van der Waals surface area contributed by atoms with Crippen LogP contribution in [0.4, 0.5) is 0 Å². The lowest BCUT2D eigenvalue weighted by molar-refractivity contribution is -0.318. The minimum atomic E-state index is -1.53. The summed E-state index contributed by atoms with van der Waals surface area (Å²) in [4.78, 5) is 12.7. The fourth-order valence-corrected chi connectivity index (χ4v) is 5.67. The van der Waals surface area contributed by atoms with Gasteiger partial charge >= 0.3 is 0 Å². The van der Waals surface area contributed by atoms with Crippen molar-refractivity contribution in [2.45, 2.75) is 106 Å². The second kappa shape index (κ2) is 16.8. The highest BCUT2D eigenvalue weighted by Crippen LogP contribution is 2.36. The van der Waals surface area contributed by atoms with Gasteiger partial charge in [0.05, 0.1) is 37.4 Å². The lowest BCUT2D eigenvalue weighted by Gasteiger charge is -2.48. The zero-order chi connectivity index (χ0) is 31.0. The van der Waals surface area contributed by atoms with Gasteiger partial charge in [-0.1, -0.05) is 0 Å². The molecule has 1 saturated carbocycles. The third-order valence-corrected chi connectivity index (χ3v) is 8.15. The van der Waals surface area contributed by atoms with Gasteiger partial charge in [0.1, 0.15) is 30.5 Å². The average molecular weight is 610 g/mol. The summed E-state index contributed by atoms with van der Waals surface area (Å²) in [5.41, 5.74) is 29.7. The predicted molar refractivity (Wildman–Crippen MR) is 147 cm³/mol. The van der Waals surface area contributed by atoms with Gasteiger partial charge in [0.15, 0.2) is 12.6 Å². The summed E-state index contributed by atoms with van der Waals surface area (Å²) in [6.07, 6.45) is -8.36. The fourth-order valence-electron chi connectivity index (χ4n) is 5.67. The Balaban J connectivity index is 1.77. The molecule has 0 spiro atoms. The molecule has 0 aromatic heterocycles. The van der Waals surface area contributed by atoms with E-state index in [4.69, 9.17) is 47.6 Å². The summed E-state index contributed by atoms with van der Waals surface area (Å²) in [6, 6.07) is -2.50. The zero-order valence-electron chi connectivity index (χ0n) is 23.9. The van der Waals surface area contributed by atoms with E-state index in [1.165, 1.54) is 0 Å². The molecule has 3 rings (SSSR count). The smallest absolute Gasteiger partial charge is 0.246 e. The van der Waals surface area contributed by atoms with Crippen molar-refractivity contribution in [3.63, 3.8) is 0 Å². The lowest BCUT2D eigenvalue weighted by atomic mass is 9.77. The molecular formula is C25H51N7O10. The summed E-state index contributed by atoms with van der Waals surface area (Å²) in [5.74, 6) is -1.44. The van der Waals surface area contributed by atoms with E-state index in [0.29, 0.717) is 31.0 Å². The molecule has 2 heterocycles. The van der Waals surface area contributed by atoms with Crippen molar-refractivity contribution >= 4 is 5.91 Å². The molecule has 1 unspecified atom stereocenters. The Morgan fingerprint density at radius 2 is 1.64 bits per heavy atom. The number of rotatable bonds is 14. The average Bonchev–Trinajstić information content (AvgIpc) is 2.96. The molecule has 1 aliphatic carbocycles. The van der Waals surface area contributed by atoms with E-state index in [2.05, 4.69) is 5.32 Å². The van der Waals surface area contributed by atoms with Crippen molar-refractivity contribution in [1.29, 1.82) is 0 Å². The molecule has 0 radical (unpaired) electrons. The molecule has 3 fully saturated rings. The van der Waals surface area contributed by atoms with Crippen molar-refractivity contribution in [2.24, 2.45) is 34.6 Å². The molecule has 2 saturated heterocycles. The SMILES string of the molecule is NCCCNC[C@@H]1CC[C@@H](N)[C@@H](OC2[C@@H](N)C[C@@H](CC(=O)N(O)CCN)[C@H](O[C@H]3O[C@H](CO)[C@@H](O)[C@H](N)[C@H]3O)[C@H]2O)O1. The summed E-state index contributed by atoms with van der Waals surface area (Å²) >= 11 is 0. The predicted octanol–water partition coefficient (Wildman–Crippen LogP) is -5.43. The van der Waals surface area contributed by atoms with Gasteiger partial charge in [-0.25, -0.2) is 5.06 Å². The van der Waals surface area contributed by atoms with Crippen LogP contribution in [0.25, 0.3) is 0 Å². The van der Waals surface area contributed by atoms with Crippen LogP contribution in [-0.2, 0) is 23.7 Å². The normalized spacial score (nSPS) is 41.0. The molecule has 17 nitrogen and oxygen atoms in total. The summed E-state index contributed by atoms with van der Waals surface area (Å²) in [6.45, 7) is 1.19. The molecule has 17 heteroatoms. The Hall–Kier alpha value is -1.13. The third kappa shape index (κ3) is 8.96. The van der Waals surface area contributed by atoms with Gasteiger partial charge < -0.3 is 73.4 Å². The van der Waals surface area contributed by atoms with E-state index in [9.17, 15) is 30.4 Å².